The highest BCUT2D eigenvalue weighted by molar-refractivity contribution is 7.93. The molecule has 138 valence electrons. The summed E-state index contributed by atoms with van der Waals surface area (Å²) in [4.78, 5) is 13.2. The molecule has 6 heteroatoms. The van der Waals surface area contributed by atoms with Crippen LogP contribution in [0.5, 0.6) is 5.75 Å². The molecule has 0 atom stereocenters. The molecule has 0 heterocycles. The Morgan fingerprint density at radius 1 is 1.04 bits per heavy atom. The second-order valence-electron chi connectivity index (χ2n) is 6.51. The van der Waals surface area contributed by atoms with Gasteiger partial charge in [0.15, 0.2) is 14.6 Å². The molecule has 0 aliphatic heterocycles. The van der Waals surface area contributed by atoms with E-state index in [1.807, 2.05) is 24.3 Å². The molecule has 0 saturated heterocycles. The number of amides is 1. The summed E-state index contributed by atoms with van der Waals surface area (Å²) in [5, 5.41) is 2.83. The minimum Gasteiger partial charge on any atom is -0.496 e. The molecule has 0 bridgehead atoms. The topological polar surface area (TPSA) is 72.5 Å². The monoisotopic (exact) mass is 373 g/mol. The van der Waals surface area contributed by atoms with Gasteiger partial charge in [-0.2, -0.15) is 0 Å². The van der Waals surface area contributed by atoms with Crippen molar-refractivity contribution in [2.24, 2.45) is 0 Å². The molecule has 1 aliphatic carbocycles. The zero-order chi connectivity index (χ0) is 18.6. The van der Waals surface area contributed by atoms with Gasteiger partial charge in [0.1, 0.15) is 5.75 Å². The van der Waals surface area contributed by atoms with Crippen LogP contribution in [0.25, 0.3) is 0 Å². The molecule has 1 N–H and O–H groups in total. The standard InChI is InChI=1S/C20H23NO4S/c1-25-18-12-6-5-9-16(18)15-21-19(22)20(13-7-8-14-20)26(23,24)17-10-3-2-4-11-17/h2-6,9-12H,7-8,13-15H2,1H3,(H,21,22). The highest BCUT2D eigenvalue weighted by Gasteiger charge is 2.52. The molecular formula is C20H23NO4S. The summed E-state index contributed by atoms with van der Waals surface area (Å²) in [6, 6.07) is 15.6. The van der Waals surface area contributed by atoms with Gasteiger partial charge in [-0.3, -0.25) is 4.79 Å². The first-order chi connectivity index (χ1) is 12.5. The Morgan fingerprint density at radius 3 is 2.31 bits per heavy atom. The first-order valence-electron chi connectivity index (χ1n) is 8.71. The number of hydrogen-bond acceptors (Lipinski definition) is 4. The van der Waals surface area contributed by atoms with E-state index in [9.17, 15) is 13.2 Å². The number of benzene rings is 2. The highest BCUT2D eigenvalue weighted by atomic mass is 32.2. The van der Waals surface area contributed by atoms with E-state index < -0.39 is 20.5 Å². The molecule has 3 rings (SSSR count). The summed E-state index contributed by atoms with van der Waals surface area (Å²) in [7, 11) is -2.19. The van der Waals surface area contributed by atoms with Crippen molar-refractivity contribution in [2.45, 2.75) is 41.9 Å². The Bertz CT molecular complexity index is 872. The van der Waals surface area contributed by atoms with Gasteiger partial charge in [0, 0.05) is 12.1 Å². The quantitative estimate of drug-likeness (QED) is 0.844. The van der Waals surface area contributed by atoms with E-state index in [-0.39, 0.29) is 11.4 Å². The Morgan fingerprint density at radius 2 is 1.65 bits per heavy atom. The lowest BCUT2D eigenvalue weighted by Crippen LogP contribution is -2.50. The number of hydrogen-bond donors (Lipinski definition) is 1. The Kier molecular flexibility index (Phi) is 5.32. The Labute approximate surface area is 154 Å². The second kappa shape index (κ2) is 7.50. The van der Waals surface area contributed by atoms with Crippen molar-refractivity contribution in [1.82, 2.24) is 5.32 Å². The molecule has 0 spiro atoms. The van der Waals surface area contributed by atoms with Crippen LogP contribution in [0.4, 0.5) is 0 Å². The van der Waals surface area contributed by atoms with Gasteiger partial charge < -0.3 is 10.1 Å². The van der Waals surface area contributed by atoms with Crippen LogP contribution < -0.4 is 10.1 Å². The predicted octanol–water partition coefficient (Wildman–Crippen LogP) is 3.10. The largest absolute Gasteiger partial charge is 0.496 e. The van der Waals surface area contributed by atoms with Crippen LogP contribution >= 0.6 is 0 Å². The van der Waals surface area contributed by atoms with Crippen molar-refractivity contribution in [3.8, 4) is 5.75 Å². The zero-order valence-corrected chi connectivity index (χ0v) is 15.6. The summed E-state index contributed by atoms with van der Waals surface area (Å²) < 4.78 is 30.4. The van der Waals surface area contributed by atoms with Gasteiger partial charge in [-0.15, -0.1) is 0 Å². The number of nitrogens with one attached hydrogen (secondary N) is 1. The molecule has 1 aliphatic rings. The fourth-order valence-electron chi connectivity index (χ4n) is 3.57. The van der Waals surface area contributed by atoms with E-state index in [1.54, 1.807) is 37.4 Å². The third-order valence-corrected chi connectivity index (χ3v) is 7.54. The SMILES string of the molecule is COc1ccccc1CNC(=O)C1(S(=O)(=O)c2ccccc2)CCCC1. The van der Waals surface area contributed by atoms with E-state index in [4.69, 9.17) is 4.74 Å². The lowest BCUT2D eigenvalue weighted by atomic mass is 10.1. The maximum atomic E-state index is 13.2. The zero-order valence-electron chi connectivity index (χ0n) is 14.8. The van der Waals surface area contributed by atoms with E-state index in [1.165, 1.54) is 0 Å². The first-order valence-corrected chi connectivity index (χ1v) is 10.2. The minimum atomic E-state index is -3.76. The average molecular weight is 373 g/mol. The summed E-state index contributed by atoms with van der Waals surface area (Å²) >= 11 is 0. The highest BCUT2D eigenvalue weighted by Crippen LogP contribution is 2.40. The predicted molar refractivity (Wildman–Crippen MR) is 99.7 cm³/mol. The van der Waals surface area contributed by atoms with Gasteiger partial charge in [-0.05, 0) is 31.0 Å². The van der Waals surface area contributed by atoms with Crippen molar-refractivity contribution < 1.29 is 17.9 Å². The van der Waals surface area contributed by atoms with Crippen LogP contribution in [-0.2, 0) is 21.2 Å². The number of ether oxygens (including phenoxy) is 1. The molecule has 5 nitrogen and oxygen atoms in total. The van der Waals surface area contributed by atoms with Gasteiger partial charge in [0.25, 0.3) is 0 Å². The van der Waals surface area contributed by atoms with Crippen LogP contribution in [0.1, 0.15) is 31.2 Å². The maximum Gasteiger partial charge on any atom is 0.242 e. The van der Waals surface area contributed by atoms with Crippen molar-refractivity contribution in [3.05, 3.63) is 60.2 Å². The number of carbonyl (C=O) groups excluding carboxylic acids is 1. The van der Waals surface area contributed by atoms with Crippen LogP contribution in [0, 0.1) is 0 Å². The number of carbonyl (C=O) groups is 1. The van der Waals surface area contributed by atoms with Crippen molar-refractivity contribution in [1.29, 1.82) is 0 Å². The number of sulfone groups is 1. The van der Waals surface area contributed by atoms with Crippen molar-refractivity contribution in [2.75, 3.05) is 7.11 Å². The molecular weight excluding hydrogens is 350 g/mol. The molecule has 2 aromatic carbocycles. The van der Waals surface area contributed by atoms with Crippen LogP contribution in [0.3, 0.4) is 0 Å². The third kappa shape index (κ3) is 3.21. The first kappa shape index (κ1) is 18.5. The molecule has 0 aromatic heterocycles. The normalized spacial score (nSPS) is 16.2. The summed E-state index contributed by atoms with van der Waals surface area (Å²) in [6.07, 6.45) is 2.16. The number of para-hydroxylation sites is 1. The van der Waals surface area contributed by atoms with Gasteiger partial charge in [0.2, 0.25) is 5.91 Å². The second-order valence-corrected chi connectivity index (χ2v) is 8.77. The van der Waals surface area contributed by atoms with E-state index in [0.29, 0.717) is 18.6 Å². The molecule has 1 saturated carbocycles. The van der Waals surface area contributed by atoms with Crippen LogP contribution in [0.15, 0.2) is 59.5 Å². The minimum absolute atomic E-state index is 0.203. The third-order valence-electron chi connectivity index (χ3n) is 5.02. The molecule has 1 fully saturated rings. The van der Waals surface area contributed by atoms with Crippen molar-refractivity contribution >= 4 is 15.7 Å². The summed E-state index contributed by atoms with van der Waals surface area (Å²) in [5.74, 6) is 0.240. The summed E-state index contributed by atoms with van der Waals surface area (Å²) in [5.41, 5.74) is 0.814. The van der Waals surface area contributed by atoms with E-state index >= 15 is 0 Å². The smallest absolute Gasteiger partial charge is 0.242 e. The molecule has 1 amide bonds. The van der Waals surface area contributed by atoms with Crippen LogP contribution in [-0.4, -0.2) is 26.2 Å². The number of methoxy groups -OCH3 is 1. The maximum absolute atomic E-state index is 13.2. The molecule has 26 heavy (non-hydrogen) atoms. The molecule has 0 radical (unpaired) electrons. The van der Waals surface area contributed by atoms with Crippen molar-refractivity contribution in [3.63, 3.8) is 0 Å². The fraction of sp³-hybridized carbons (Fsp3) is 0.350. The van der Waals surface area contributed by atoms with Crippen LogP contribution in [0.2, 0.25) is 0 Å². The lowest BCUT2D eigenvalue weighted by Gasteiger charge is -2.27. The summed E-state index contributed by atoms with van der Waals surface area (Å²) in [6.45, 7) is 0.231. The molecule has 0 unspecified atom stereocenters. The Hall–Kier alpha value is -2.34. The fourth-order valence-corrected chi connectivity index (χ4v) is 5.68. The van der Waals surface area contributed by atoms with E-state index in [0.717, 1.165) is 18.4 Å². The number of rotatable bonds is 6. The van der Waals surface area contributed by atoms with Gasteiger partial charge >= 0.3 is 0 Å². The lowest BCUT2D eigenvalue weighted by molar-refractivity contribution is -0.123. The van der Waals surface area contributed by atoms with E-state index in [2.05, 4.69) is 5.32 Å². The Balaban J connectivity index is 1.87. The molecule has 2 aromatic rings. The van der Waals surface area contributed by atoms with Gasteiger partial charge in [-0.25, -0.2) is 8.42 Å². The van der Waals surface area contributed by atoms with Gasteiger partial charge in [0.05, 0.1) is 12.0 Å². The average Bonchev–Trinajstić information content (AvgIpc) is 3.19. The van der Waals surface area contributed by atoms with Gasteiger partial charge in [-0.1, -0.05) is 49.2 Å².